The molecule has 0 bridgehead atoms. The highest BCUT2D eigenvalue weighted by Crippen LogP contribution is 2.27. The molecule has 0 aliphatic carbocycles. The van der Waals surface area contributed by atoms with Crippen LogP contribution < -0.4 is 16.0 Å². The molecule has 1 rings (SSSR count). The van der Waals surface area contributed by atoms with E-state index in [-0.39, 0.29) is 62.3 Å². The van der Waals surface area contributed by atoms with E-state index in [2.05, 4.69) is 16.0 Å². The van der Waals surface area contributed by atoms with Gasteiger partial charge < -0.3 is 60.3 Å². The Hall–Kier alpha value is -6.39. The van der Waals surface area contributed by atoms with Gasteiger partial charge in [-0.1, -0.05) is 121 Å². The van der Waals surface area contributed by atoms with E-state index in [4.69, 9.17) is 0 Å². The van der Waals surface area contributed by atoms with Crippen LogP contribution in [-0.4, -0.2) is 238 Å². The van der Waals surface area contributed by atoms with Crippen molar-refractivity contribution >= 4 is 65.0 Å². The van der Waals surface area contributed by atoms with E-state index in [0.717, 1.165) is 10.5 Å². The van der Waals surface area contributed by atoms with Crippen molar-refractivity contribution in [2.45, 2.75) is 250 Å². The fraction of sp³-hybridized carbons (Fsp3) is 0.779. The largest absolute Gasteiger partial charge is 0.390 e. The molecule has 1 fully saturated rings. The Morgan fingerprint density at radius 3 is 1.29 bits per heavy atom. The maximum atomic E-state index is 15.5. The summed E-state index contributed by atoms with van der Waals surface area (Å²) in [4.78, 5) is 174. The molecule has 4 N–H and O–H groups in total. The summed E-state index contributed by atoms with van der Waals surface area (Å²) in [5.74, 6) is -9.66. The first kappa shape index (κ1) is 82.6. The Kier molecular flexibility index (Phi) is 33.9. The molecule has 1 saturated heterocycles. The average molecular weight is 1280 g/mol. The predicted molar refractivity (Wildman–Crippen MR) is 356 cm³/mol. The van der Waals surface area contributed by atoms with Crippen LogP contribution >= 0.6 is 0 Å². The quantitative estimate of drug-likeness (QED) is 0.135. The maximum absolute atomic E-state index is 15.5. The van der Waals surface area contributed by atoms with Crippen molar-refractivity contribution < 1.29 is 57.8 Å². The topological polar surface area (TPSA) is 270 Å². The molecule has 520 valence electrons. The van der Waals surface area contributed by atoms with E-state index in [9.17, 15) is 29.1 Å². The minimum absolute atomic E-state index is 0.0111. The van der Waals surface area contributed by atoms with Crippen molar-refractivity contribution in [3.8, 4) is 0 Å². The molecule has 13 atom stereocenters. The van der Waals surface area contributed by atoms with Gasteiger partial charge in [0.2, 0.25) is 65.0 Å². The SMILES string of the molecule is C/C=C/C[C@@H](C)[C@@H](O)[C@H]1C(=O)N[C@@H](CC)C(=O)N(C)[C@H](C)C(=O)N(C)[C@@H](CC(C)C)C(=O)N(CC=C(C)C)[C@@H](C(C)C)C(=O)N(C)[C@@H](CC(C)C)C(=O)N[C@@H](C)C(=O)N[C@H](C)C(=O)N(C)[C@@H](CC(C)C)C(=O)N(C)[C@@H](CC(C)C)C(=O)N(C)[C@@H](C(C)C)C(=O)N1C. The maximum Gasteiger partial charge on any atom is 0.246 e. The fourth-order valence-electron chi connectivity index (χ4n) is 11.7. The lowest BCUT2D eigenvalue weighted by Crippen LogP contribution is -2.64. The lowest BCUT2D eigenvalue weighted by Gasteiger charge is -2.42. The van der Waals surface area contributed by atoms with Gasteiger partial charge in [-0.15, -0.1) is 0 Å². The van der Waals surface area contributed by atoms with E-state index < -0.39 is 155 Å². The third-order valence-electron chi connectivity index (χ3n) is 17.5. The van der Waals surface area contributed by atoms with Gasteiger partial charge >= 0.3 is 0 Å². The molecule has 0 saturated carbocycles. The second-order valence-corrected chi connectivity index (χ2v) is 28.2. The molecule has 0 aromatic carbocycles. The summed E-state index contributed by atoms with van der Waals surface area (Å²) in [6.07, 6.45) is 4.80. The zero-order valence-electron chi connectivity index (χ0n) is 60.7. The van der Waals surface area contributed by atoms with Gasteiger partial charge in [-0.3, -0.25) is 52.7 Å². The number of likely N-dealkylation sites (N-methyl/N-ethyl adjacent to an activating group) is 7. The number of amides is 11. The molecule has 0 radical (unpaired) electrons. The van der Waals surface area contributed by atoms with Gasteiger partial charge in [-0.25, -0.2) is 0 Å². The van der Waals surface area contributed by atoms with Gasteiger partial charge in [0.05, 0.1) is 6.10 Å². The van der Waals surface area contributed by atoms with Gasteiger partial charge in [0.1, 0.15) is 66.5 Å². The fourth-order valence-corrected chi connectivity index (χ4v) is 11.7. The first-order valence-corrected chi connectivity index (χ1v) is 33.0. The van der Waals surface area contributed by atoms with Crippen LogP contribution in [0.3, 0.4) is 0 Å². The molecular weight excluding hydrogens is 1160 g/mol. The smallest absolute Gasteiger partial charge is 0.246 e. The van der Waals surface area contributed by atoms with Crippen molar-refractivity contribution in [1.82, 2.24) is 55.1 Å². The molecule has 1 heterocycles. The number of nitrogens with one attached hydrogen (secondary N) is 3. The molecule has 91 heavy (non-hydrogen) atoms. The zero-order chi connectivity index (χ0) is 70.7. The Labute approximate surface area is 546 Å². The summed E-state index contributed by atoms with van der Waals surface area (Å²) in [5, 5.41) is 20.5. The second kappa shape index (κ2) is 37.3. The van der Waals surface area contributed by atoms with Crippen LogP contribution in [0.15, 0.2) is 23.8 Å². The summed E-state index contributed by atoms with van der Waals surface area (Å²) in [5.41, 5.74) is 0.840. The van der Waals surface area contributed by atoms with E-state index in [0.29, 0.717) is 6.42 Å². The first-order valence-electron chi connectivity index (χ1n) is 33.0. The number of carbonyl (C=O) groups is 11. The van der Waals surface area contributed by atoms with Gasteiger partial charge in [-0.2, -0.15) is 0 Å². The zero-order valence-corrected chi connectivity index (χ0v) is 60.7. The Morgan fingerprint density at radius 2 is 0.846 bits per heavy atom. The third kappa shape index (κ3) is 22.7. The van der Waals surface area contributed by atoms with E-state index in [1.165, 1.54) is 104 Å². The molecule has 0 unspecified atom stereocenters. The molecule has 1 aliphatic rings. The number of rotatable bonds is 17. The Bertz CT molecular complexity index is 2550. The molecule has 11 amide bonds. The van der Waals surface area contributed by atoms with Crippen molar-refractivity contribution in [3.63, 3.8) is 0 Å². The number of allylic oxidation sites excluding steroid dienone is 3. The molecule has 0 aromatic heterocycles. The molecular formula is C68H121N11O12. The molecule has 0 spiro atoms. The predicted octanol–water partition coefficient (Wildman–Crippen LogP) is 5.34. The summed E-state index contributed by atoms with van der Waals surface area (Å²) in [6.45, 7) is 35.3. The summed E-state index contributed by atoms with van der Waals surface area (Å²) in [7, 11) is 10.1. The Balaban J connectivity index is 4.55. The van der Waals surface area contributed by atoms with Crippen LogP contribution in [0.2, 0.25) is 0 Å². The summed E-state index contributed by atoms with van der Waals surface area (Å²) in [6, 6.07) is -13.7. The van der Waals surface area contributed by atoms with Crippen LogP contribution in [0.4, 0.5) is 0 Å². The highest BCUT2D eigenvalue weighted by molar-refractivity contribution is 6.00. The van der Waals surface area contributed by atoms with Crippen LogP contribution in [-0.2, 0) is 52.7 Å². The number of hydrogen-bond donors (Lipinski definition) is 4. The molecule has 23 nitrogen and oxygen atoms in total. The number of aliphatic hydroxyl groups excluding tert-OH is 1. The monoisotopic (exact) mass is 1280 g/mol. The van der Waals surface area contributed by atoms with E-state index in [1.54, 1.807) is 60.6 Å². The number of hydrogen-bond acceptors (Lipinski definition) is 12. The minimum Gasteiger partial charge on any atom is -0.390 e. The highest BCUT2D eigenvalue weighted by atomic mass is 16.3. The highest BCUT2D eigenvalue weighted by Gasteiger charge is 2.47. The Morgan fingerprint density at radius 1 is 0.451 bits per heavy atom. The third-order valence-corrected chi connectivity index (χ3v) is 17.5. The average Bonchev–Trinajstić information content (AvgIpc) is 0.851. The number of carbonyl (C=O) groups excluding carboxylic acids is 11. The van der Waals surface area contributed by atoms with Crippen molar-refractivity contribution in [2.75, 3.05) is 55.9 Å². The summed E-state index contributed by atoms with van der Waals surface area (Å²) < 4.78 is 0. The van der Waals surface area contributed by atoms with Gasteiger partial charge in [-0.05, 0) is 121 Å². The number of nitrogens with zero attached hydrogens (tertiary/aromatic N) is 8. The standard InChI is InChI=1S/C68H121N11O12/c1-28-30-31-45(17)57(80)56-60(83)71-49(29-2)63(86)72(21)48(20)62(85)75(24)53(37-42(11)12)66(89)79(33-32-38(3)4)55(44(15)16)68(91)73(22)50(34-39(5)6)59(82)69-46(18)58(81)70-47(19)61(84)74(23)51(35-40(7)8)64(87)76(25)52(36-41(9)10)65(88)77(26)54(43(13)14)67(90)78(56)27/h28,30,32,39-57,80H,29,31,33-37H2,1-27H3,(H,69,82)(H,70,81)(H,71,83)/b30-28+/t45-,46+,47-,48-,49+,50+,51+,52+,53+,54+,55+,56+,57-/m1/s1. The molecule has 23 heteroatoms. The van der Waals surface area contributed by atoms with Crippen LogP contribution in [0.1, 0.15) is 177 Å². The van der Waals surface area contributed by atoms with E-state index in [1.807, 2.05) is 75.3 Å². The van der Waals surface area contributed by atoms with Crippen molar-refractivity contribution in [3.05, 3.63) is 23.8 Å². The lowest BCUT2D eigenvalue weighted by molar-refractivity contribution is -0.157. The van der Waals surface area contributed by atoms with E-state index >= 15 is 28.8 Å². The van der Waals surface area contributed by atoms with Gasteiger partial charge in [0.15, 0.2) is 0 Å². The normalized spacial score (nSPS) is 26.8. The van der Waals surface area contributed by atoms with Gasteiger partial charge in [0.25, 0.3) is 0 Å². The van der Waals surface area contributed by atoms with Crippen molar-refractivity contribution in [2.24, 2.45) is 41.4 Å². The lowest BCUT2D eigenvalue weighted by atomic mass is 9.91. The minimum atomic E-state index is -1.62. The molecule has 1 aliphatic heterocycles. The summed E-state index contributed by atoms with van der Waals surface area (Å²) >= 11 is 0. The molecule has 0 aromatic rings. The van der Waals surface area contributed by atoms with Crippen LogP contribution in [0.25, 0.3) is 0 Å². The van der Waals surface area contributed by atoms with Crippen molar-refractivity contribution in [1.29, 1.82) is 0 Å². The van der Waals surface area contributed by atoms with Crippen LogP contribution in [0.5, 0.6) is 0 Å². The van der Waals surface area contributed by atoms with Gasteiger partial charge in [0, 0.05) is 55.9 Å². The number of aliphatic hydroxyl groups is 1. The first-order chi connectivity index (χ1) is 42.0. The van der Waals surface area contributed by atoms with Crippen LogP contribution in [0, 0.1) is 41.4 Å². The second-order valence-electron chi connectivity index (χ2n) is 28.2.